The van der Waals surface area contributed by atoms with Gasteiger partial charge in [-0.3, -0.25) is 19.9 Å². The highest BCUT2D eigenvalue weighted by molar-refractivity contribution is 6.34. The molecule has 1 amide bonds. The lowest BCUT2D eigenvalue weighted by Crippen LogP contribution is -2.13. The van der Waals surface area contributed by atoms with E-state index in [1.165, 1.54) is 18.2 Å². The number of carbonyl (C=O) groups is 1. The van der Waals surface area contributed by atoms with Crippen molar-refractivity contribution in [2.24, 2.45) is 0 Å². The van der Waals surface area contributed by atoms with Crippen LogP contribution >= 0.6 is 11.6 Å². The summed E-state index contributed by atoms with van der Waals surface area (Å²) in [6.07, 6.45) is 3.31. The van der Waals surface area contributed by atoms with Gasteiger partial charge in [0.1, 0.15) is 0 Å². The zero-order valence-corrected chi connectivity index (χ0v) is 15.6. The van der Waals surface area contributed by atoms with Crippen LogP contribution in [0.15, 0.2) is 73.1 Å². The third kappa shape index (κ3) is 3.76. The second-order valence-electron chi connectivity index (χ2n) is 6.18. The Balaban J connectivity index is 1.76. The fourth-order valence-corrected chi connectivity index (χ4v) is 3.16. The van der Waals surface area contributed by atoms with Gasteiger partial charge in [0.05, 0.1) is 32.4 Å². The number of non-ortho nitro benzene ring substituents is 1. The van der Waals surface area contributed by atoms with Crippen LogP contribution in [0.5, 0.6) is 0 Å². The number of rotatable bonds is 4. The van der Waals surface area contributed by atoms with Gasteiger partial charge in [-0.05, 0) is 30.3 Å². The molecule has 0 saturated carbocycles. The fourth-order valence-electron chi connectivity index (χ4n) is 2.94. The number of nitrogens with zero attached hydrogens (tertiary/aromatic N) is 3. The molecule has 0 spiro atoms. The number of nitro benzene ring substituents is 1. The zero-order valence-electron chi connectivity index (χ0n) is 14.9. The van der Waals surface area contributed by atoms with Crippen molar-refractivity contribution in [1.82, 2.24) is 9.97 Å². The van der Waals surface area contributed by atoms with Gasteiger partial charge >= 0.3 is 0 Å². The third-order valence-electron chi connectivity index (χ3n) is 4.35. The number of nitrogens with one attached hydrogen (secondary N) is 1. The van der Waals surface area contributed by atoms with Gasteiger partial charge < -0.3 is 5.32 Å². The minimum atomic E-state index is -0.547. The number of halogens is 1. The summed E-state index contributed by atoms with van der Waals surface area (Å²) in [6.45, 7) is 0. The van der Waals surface area contributed by atoms with Crippen LogP contribution in [0.1, 0.15) is 10.4 Å². The van der Waals surface area contributed by atoms with Gasteiger partial charge in [-0.15, -0.1) is 0 Å². The molecule has 0 radical (unpaired) electrons. The highest BCUT2D eigenvalue weighted by atomic mass is 35.5. The normalized spacial score (nSPS) is 10.7. The molecule has 0 atom stereocenters. The van der Waals surface area contributed by atoms with Gasteiger partial charge in [0.25, 0.3) is 11.6 Å². The Morgan fingerprint density at radius 3 is 2.52 bits per heavy atom. The third-order valence-corrected chi connectivity index (χ3v) is 4.66. The topological polar surface area (TPSA) is 98.0 Å². The maximum Gasteiger partial charge on any atom is 0.271 e. The van der Waals surface area contributed by atoms with Crippen molar-refractivity contribution in [2.45, 2.75) is 0 Å². The lowest BCUT2D eigenvalue weighted by atomic mass is 10.0. The van der Waals surface area contributed by atoms with Crippen LogP contribution in [0.4, 0.5) is 11.4 Å². The number of pyridine rings is 2. The molecule has 8 heteroatoms. The quantitative estimate of drug-likeness (QED) is 0.376. The van der Waals surface area contributed by atoms with Crippen LogP contribution in [0.2, 0.25) is 5.02 Å². The fraction of sp³-hybridized carbons (Fsp3) is 0. The lowest BCUT2D eigenvalue weighted by Gasteiger charge is -2.11. The molecule has 0 bridgehead atoms. The summed E-state index contributed by atoms with van der Waals surface area (Å²) in [5.41, 5.74) is 2.67. The molecule has 0 aliphatic rings. The van der Waals surface area contributed by atoms with Crippen LogP contribution in [0, 0.1) is 10.1 Å². The predicted octanol–water partition coefficient (Wildman–Crippen LogP) is 5.11. The van der Waals surface area contributed by atoms with Crippen molar-refractivity contribution in [2.75, 3.05) is 5.32 Å². The molecule has 4 rings (SSSR count). The SMILES string of the molecule is O=C(Nc1ccc([N+](=O)[O-])cc1Cl)c1cc(-c2ccncc2)nc2ccccc12. The molecule has 2 aromatic carbocycles. The van der Waals surface area contributed by atoms with E-state index in [1.807, 2.05) is 36.4 Å². The van der Waals surface area contributed by atoms with E-state index in [0.29, 0.717) is 22.2 Å². The van der Waals surface area contributed by atoms with Crippen LogP contribution in [-0.4, -0.2) is 20.8 Å². The Hall–Kier alpha value is -3.84. The molecular weight excluding hydrogens is 392 g/mol. The highest BCUT2D eigenvalue weighted by Gasteiger charge is 2.16. The van der Waals surface area contributed by atoms with Gasteiger partial charge in [0.15, 0.2) is 0 Å². The Bertz CT molecular complexity index is 1250. The van der Waals surface area contributed by atoms with Crippen molar-refractivity contribution in [3.8, 4) is 11.3 Å². The molecule has 2 aromatic heterocycles. The van der Waals surface area contributed by atoms with Crippen molar-refractivity contribution < 1.29 is 9.72 Å². The van der Waals surface area contributed by atoms with Crippen molar-refractivity contribution in [1.29, 1.82) is 0 Å². The first kappa shape index (κ1) is 18.5. The molecule has 0 unspecified atom stereocenters. The molecule has 29 heavy (non-hydrogen) atoms. The Kier molecular flexibility index (Phi) is 4.88. The van der Waals surface area contributed by atoms with Gasteiger partial charge in [-0.25, -0.2) is 4.98 Å². The van der Waals surface area contributed by atoms with Crippen molar-refractivity contribution in [3.63, 3.8) is 0 Å². The van der Waals surface area contributed by atoms with Crippen LogP contribution in [0.3, 0.4) is 0 Å². The molecular formula is C21H13ClN4O3. The first-order chi connectivity index (χ1) is 14.0. The number of hydrogen-bond acceptors (Lipinski definition) is 5. The Labute approximate surface area is 170 Å². The van der Waals surface area contributed by atoms with E-state index >= 15 is 0 Å². The summed E-state index contributed by atoms with van der Waals surface area (Å²) in [7, 11) is 0. The summed E-state index contributed by atoms with van der Waals surface area (Å²) in [4.78, 5) is 32.0. The average Bonchev–Trinajstić information content (AvgIpc) is 2.74. The van der Waals surface area contributed by atoms with E-state index in [9.17, 15) is 14.9 Å². The monoisotopic (exact) mass is 404 g/mol. The van der Waals surface area contributed by atoms with Gasteiger partial charge in [-0.1, -0.05) is 29.8 Å². The standard InChI is InChI=1S/C21H13ClN4O3/c22-17-11-14(26(28)29)5-6-19(17)25-21(27)16-12-20(13-7-9-23-10-8-13)24-18-4-2-1-3-15(16)18/h1-12H,(H,25,27). The summed E-state index contributed by atoms with van der Waals surface area (Å²) in [5, 5.41) is 14.4. The number of hydrogen-bond donors (Lipinski definition) is 1. The summed E-state index contributed by atoms with van der Waals surface area (Å²) < 4.78 is 0. The number of benzene rings is 2. The first-order valence-corrected chi connectivity index (χ1v) is 8.96. The second kappa shape index (κ2) is 7.65. The molecule has 0 saturated heterocycles. The number of fused-ring (bicyclic) bond motifs is 1. The number of para-hydroxylation sites is 1. The van der Waals surface area contributed by atoms with Crippen LogP contribution < -0.4 is 5.32 Å². The molecule has 0 fully saturated rings. The summed E-state index contributed by atoms with van der Waals surface area (Å²) in [6, 6.07) is 16.5. The predicted molar refractivity (Wildman–Crippen MR) is 111 cm³/mol. The van der Waals surface area contributed by atoms with E-state index in [1.54, 1.807) is 18.5 Å². The first-order valence-electron chi connectivity index (χ1n) is 8.58. The Morgan fingerprint density at radius 2 is 1.79 bits per heavy atom. The molecule has 1 N–H and O–H groups in total. The zero-order chi connectivity index (χ0) is 20.4. The minimum Gasteiger partial charge on any atom is -0.321 e. The summed E-state index contributed by atoms with van der Waals surface area (Å²) >= 11 is 6.11. The smallest absolute Gasteiger partial charge is 0.271 e. The number of amides is 1. The molecule has 0 aliphatic carbocycles. The maximum absolute atomic E-state index is 13.0. The molecule has 7 nitrogen and oxygen atoms in total. The average molecular weight is 405 g/mol. The largest absolute Gasteiger partial charge is 0.321 e. The minimum absolute atomic E-state index is 0.0836. The van der Waals surface area contributed by atoms with E-state index < -0.39 is 10.8 Å². The molecule has 2 heterocycles. The lowest BCUT2D eigenvalue weighted by molar-refractivity contribution is -0.384. The number of carbonyl (C=O) groups excluding carboxylic acids is 1. The summed E-state index contributed by atoms with van der Waals surface area (Å²) in [5.74, 6) is -0.394. The van der Waals surface area contributed by atoms with E-state index in [4.69, 9.17) is 11.6 Å². The molecule has 142 valence electrons. The molecule has 4 aromatic rings. The van der Waals surface area contributed by atoms with Gasteiger partial charge in [0, 0.05) is 35.5 Å². The van der Waals surface area contributed by atoms with E-state index in [-0.39, 0.29) is 16.4 Å². The van der Waals surface area contributed by atoms with Crippen molar-refractivity contribution in [3.05, 3.63) is 93.8 Å². The maximum atomic E-state index is 13.0. The number of aromatic nitrogens is 2. The molecule has 0 aliphatic heterocycles. The van der Waals surface area contributed by atoms with Crippen LogP contribution in [0.25, 0.3) is 22.2 Å². The second-order valence-corrected chi connectivity index (χ2v) is 6.59. The van der Waals surface area contributed by atoms with Gasteiger partial charge in [0.2, 0.25) is 0 Å². The number of nitro groups is 1. The van der Waals surface area contributed by atoms with Crippen LogP contribution in [-0.2, 0) is 0 Å². The number of anilines is 1. The Morgan fingerprint density at radius 1 is 1.03 bits per heavy atom. The van der Waals surface area contributed by atoms with Crippen molar-refractivity contribution >= 4 is 39.8 Å². The van der Waals surface area contributed by atoms with E-state index in [2.05, 4.69) is 15.3 Å². The van der Waals surface area contributed by atoms with E-state index in [0.717, 1.165) is 5.56 Å². The van der Waals surface area contributed by atoms with Gasteiger partial charge in [-0.2, -0.15) is 0 Å². The highest BCUT2D eigenvalue weighted by Crippen LogP contribution is 2.29.